The first-order chi connectivity index (χ1) is 18.7. The third-order valence-electron chi connectivity index (χ3n) is 7.52. The van der Waals surface area contributed by atoms with E-state index in [0.717, 1.165) is 43.1 Å². The van der Waals surface area contributed by atoms with Gasteiger partial charge in [-0.25, -0.2) is 0 Å². The quantitative estimate of drug-likeness (QED) is 0.113. The van der Waals surface area contributed by atoms with Crippen LogP contribution in [0.2, 0.25) is 0 Å². The van der Waals surface area contributed by atoms with Crippen molar-refractivity contribution in [3.63, 3.8) is 0 Å². The van der Waals surface area contributed by atoms with Gasteiger partial charge < -0.3 is 0 Å². The SMILES string of the molecule is CCCCCCCCCCCCc1ccccc1S(=O)(=O)OI(c1ccc(C)c(C)c1)c1ccc(C)c(C)c1. The molecule has 0 heterocycles. The Hall–Kier alpha value is -1.70. The summed E-state index contributed by atoms with van der Waals surface area (Å²) in [6, 6.07) is 19.9. The summed E-state index contributed by atoms with van der Waals surface area (Å²) in [7, 11) is -3.93. The minimum absolute atomic E-state index is 0.330. The van der Waals surface area contributed by atoms with Gasteiger partial charge in [0.05, 0.1) is 0 Å². The van der Waals surface area contributed by atoms with Gasteiger partial charge in [0.2, 0.25) is 0 Å². The summed E-state index contributed by atoms with van der Waals surface area (Å²) in [6.07, 6.45) is 13.4. The van der Waals surface area contributed by atoms with Gasteiger partial charge in [-0.3, -0.25) is 0 Å². The third-order valence-corrected chi connectivity index (χ3v) is 14.9. The summed E-state index contributed by atoms with van der Waals surface area (Å²) in [5.41, 5.74) is 5.56. The maximum absolute atomic E-state index is 13.8. The van der Waals surface area contributed by atoms with Crippen molar-refractivity contribution < 1.29 is 10.9 Å². The molecule has 0 amide bonds. The summed E-state index contributed by atoms with van der Waals surface area (Å²) < 4.78 is 35.9. The first-order valence-electron chi connectivity index (χ1n) is 14.6. The number of hydrogen-bond acceptors (Lipinski definition) is 3. The molecule has 0 aliphatic heterocycles. The monoisotopic (exact) mass is 662 g/mol. The van der Waals surface area contributed by atoms with Crippen LogP contribution in [-0.4, -0.2) is 8.42 Å². The van der Waals surface area contributed by atoms with Crippen LogP contribution in [0.3, 0.4) is 0 Å². The average molecular weight is 663 g/mol. The van der Waals surface area contributed by atoms with Crippen molar-refractivity contribution in [2.24, 2.45) is 0 Å². The molecule has 214 valence electrons. The molecule has 3 aromatic rings. The van der Waals surface area contributed by atoms with E-state index in [0.29, 0.717) is 4.90 Å². The Morgan fingerprint density at radius 3 is 1.62 bits per heavy atom. The fourth-order valence-corrected chi connectivity index (χ4v) is 12.3. The van der Waals surface area contributed by atoms with E-state index < -0.39 is 30.4 Å². The minimum atomic E-state index is -3.93. The molecule has 0 atom stereocenters. The second-order valence-electron chi connectivity index (χ2n) is 10.8. The predicted octanol–water partition coefficient (Wildman–Crippen LogP) is 10.2. The van der Waals surface area contributed by atoms with Gasteiger partial charge in [0.15, 0.2) is 0 Å². The summed E-state index contributed by atoms with van der Waals surface area (Å²) in [6.45, 7) is 10.6. The van der Waals surface area contributed by atoms with Crippen LogP contribution in [-0.2, 0) is 19.1 Å². The first-order valence-corrected chi connectivity index (χ1v) is 19.0. The topological polar surface area (TPSA) is 43.4 Å². The van der Waals surface area contributed by atoms with Gasteiger partial charge in [0, 0.05) is 0 Å². The summed E-state index contributed by atoms with van der Waals surface area (Å²) in [5, 5.41) is 0. The van der Waals surface area contributed by atoms with E-state index >= 15 is 0 Å². The molecule has 0 spiro atoms. The van der Waals surface area contributed by atoms with Gasteiger partial charge in [-0.05, 0) is 0 Å². The Balaban J connectivity index is 1.72. The van der Waals surface area contributed by atoms with Crippen LogP contribution in [0.1, 0.15) is 98.9 Å². The summed E-state index contributed by atoms with van der Waals surface area (Å²) in [4.78, 5) is 0.330. The molecule has 0 radical (unpaired) electrons. The van der Waals surface area contributed by atoms with Crippen molar-refractivity contribution >= 4 is 30.4 Å². The summed E-state index contributed by atoms with van der Waals surface area (Å²) >= 11 is -2.74. The van der Waals surface area contributed by atoms with Gasteiger partial charge in [0.1, 0.15) is 0 Å². The molecule has 0 aliphatic carbocycles. The molecule has 0 N–H and O–H groups in total. The zero-order chi connectivity index (χ0) is 28.3. The average Bonchev–Trinajstić information content (AvgIpc) is 2.92. The van der Waals surface area contributed by atoms with E-state index in [-0.39, 0.29) is 0 Å². The maximum atomic E-state index is 13.8. The van der Waals surface area contributed by atoms with Crippen LogP contribution in [0, 0.1) is 34.8 Å². The molecule has 0 saturated carbocycles. The standard InChI is InChI=1S/C34H47IO3S/c1-6-7-8-9-10-11-12-13-14-15-18-31-19-16-17-20-34(31)39(36,37)38-35(32-23-21-27(2)29(4)25-32)33-24-22-28(3)30(5)26-33/h16-17,19-26H,6-15,18H2,1-5H3. The molecule has 3 aromatic carbocycles. The van der Waals surface area contributed by atoms with Crippen molar-refractivity contribution in [2.45, 2.75) is 110 Å². The number of aryl methyl sites for hydroxylation is 5. The normalized spacial score (nSPS) is 12.1. The molecular weight excluding hydrogens is 615 g/mol. The molecule has 0 unspecified atom stereocenters. The van der Waals surface area contributed by atoms with Gasteiger partial charge in [0.25, 0.3) is 0 Å². The number of rotatable bonds is 16. The fraction of sp³-hybridized carbons (Fsp3) is 0.471. The third kappa shape index (κ3) is 9.72. The zero-order valence-corrected chi connectivity index (χ0v) is 27.5. The van der Waals surface area contributed by atoms with Gasteiger partial charge in [-0.15, -0.1) is 0 Å². The van der Waals surface area contributed by atoms with E-state index in [9.17, 15) is 8.42 Å². The van der Waals surface area contributed by atoms with Crippen LogP contribution in [0.25, 0.3) is 0 Å². The van der Waals surface area contributed by atoms with Crippen LogP contribution in [0.5, 0.6) is 0 Å². The Labute approximate surface area is 245 Å². The van der Waals surface area contributed by atoms with Crippen molar-refractivity contribution in [2.75, 3.05) is 0 Å². The van der Waals surface area contributed by atoms with Crippen LogP contribution in [0.15, 0.2) is 65.6 Å². The molecule has 3 rings (SSSR count). The number of benzene rings is 3. The van der Waals surface area contributed by atoms with Crippen molar-refractivity contribution in [3.8, 4) is 0 Å². The van der Waals surface area contributed by atoms with Crippen LogP contribution >= 0.6 is 20.2 Å². The molecule has 39 heavy (non-hydrogen) atoms. The number of hydrogen-bond donors (Lipinski definition) is 0. The van der Waals surface area contributed by atoms with Gasteiger partial charge >= 0.3 is 221 Å². The Morgan fingerprint density at radius 1 is 0.615 bits per heavy atom. The van der Waals surface area contributed by atoms with Crippen LogP contribution < -0.4 is 0 Å². The predicted molar refractivity (Wildman–Crippen MR) is 174 cm³/mol. The molecular formula is C34H47IO3S. The van der Waals surface area contributed by atoms with Crippen molar-refractivity contribution in [3.05, 3.63) is 95.6 Å². The van der Waals surface area contributed by atoms with Gasteiger partial charge in [-0.2, -0.15) is 0 Å². The molecule has 0 bridgehead atoms. The molecule has 0 aromatic heterocycles. The summed E-state index contributed by atoms with van der Waals surface area (Å²) in [5.74, 6) is 0. The van der Waals surface area contributed by atoms with E-state index in [1.807, 2.05) is 30.3 Å². The second-order valence-corrected chi connectivity index (χ2v) is 17.2. The number of halogens is 1. The molecule has 3 nitrogen and oxygen atoms in total. The molecule has 5 heteroatoms. The second kappa shape index (κ2) is 15.9. The van der Waals surface area contributed by atoms with Crippen molar-refractivity contribution in [1.29, 1.82) is 0 Å². The Bertz CT molecular complexity index is 1250. The van der Waals surface area contributed by atoms with E-state index in [1.165, 1.54) is 62.5 Å². The fourth-order valence-electron chi connectivity index (χ4n) is 4.70. The van der Waals surface area contributed by atoms with Crippen molar-refractivity contribution in [1.82, 2.24) is 0 Å². The number of unbranched alkanes of at least 4 members (excludes halogenated alkanes) is 9. The van der Waals surface area contributed by atoms with E-state index in [2.05, 4.69) is 58.9 Å². The molecule has 0 saturated heterocycles. The zero-order valence-electron chi connectivity index (χ0n) is 24.6. The Morgan fingerprint density at radius 2 is 1.10 bits per heavy atom. The van der Waals surface area contributed by atoms with E-state index in [1.54, 1.807) is 6.07 Å². The molecule has 0 fully saturated rings. The Kier molecular flexibility index (Phi) is 13.0. The first kappa shape index (κ1) is 31.8. The van der Waals surface area contributed by atoms with Gasteiger partial charge in [-0.1, -0.05) is 26.2 Å². The van der Waals surface area contributed by atoms with Crippen LogP contribution in [0.4, 0.5) is 0 Å². The van der Waals surface area contributed by atoms with E-state index in [4.69, 9.17) is 2.51 Å². The molecule has 0 aliphatic rings.